The molecule has 5 nitrogen and oxygen atoms in total. The molecule has 0 atom stereocenters. The van der Waals surface area contributed by atoms with E-state index >= 15 is 0 Å². The van der Waals surface area contributed by atoms with Crippen LogP contribution >= 0.6 is 11.6 Å². The van der Waals surface area contributed by atoms with E-state index in [4.69, 9.17) is 16.3 Å². The maximum absolute atomic E-state index is 13.5. The minimum absolute atomic E-state index is 0.105. The predicted octanol–water partition coefficient (Wildman–Crippen LogP) is 6.50. The smallest absolute Gasteiger partial charge is 0.258 e. The van der Waals surface area contributed by atoms with Crippen LogP contribution < -0.4 is 9.64 Å². The second kappa shape index (κ2) is 10.0. The first-order valence-corrected chi connectivity index (χ1v) is 10.6. The molecule has 0 saturated carbocycles. The Labute approximate surface area is 196 Å². The Morgan fingerprint density at radius 1 is 0.879 bits per heavy atom. The molecule has 0 fully saturated rings. The van der Waals surface area contributed by atoms with E-state index in [0.29, 0.717) is 34.1 Å². The number of aldehydes is 1. The Balaban J connectivity index is 1.63. The van der Waals surface area contributed by atoms with Crippen molar-refractivity contribution in [2.45, 2.75) is 6.54 Å². The van der Waals surface area contributed by atoms with Crippen LogP contribution in [-0.2, 0) is 6.54 Å². The Bertz CT molecular complexity index is 1260. The molecular weight excluding hydrogens is 438 g/mol. The van der Waals surface area contributed by atoms with E-state index in [1.807, 2.05) is 42.5 Å². The van der Waals surface area contributed by atoms with Crippen LogP contribution in [0.2, 0.25) is 5.02 Å². The van der Waals surface area contributed by atoms with Crippen LogP contribution in [0, 0.1) is 0 Å². The molecule has 6 heteroatoms. The maximum atomic E-state index is 13.5. The van der Waals surface area contributed by atoms with Gasteiger partial charge in [-0.25, -0.2) is 0 Å². The third kappa shape index (κ3) is 5.40. The fraction of sp³-hybridized carbons (Fsp3) is 0.0370. The molecule has 0 radical (unpaired) electrons. The lowest BCUT2D eigenvalue weighted by atomic mass is 10.1. The molecule has 0 bridgehead atoms. The van der Waals surface area contributed by atoms with E-state index in [1.54, 1.807) is 47.4 Å². The summed E-state index contributed by atoms with van der Waals surface area (Å²) in [4.78, 5) is 26.4. The molecule has 1 N–H and O–H groups in total. The number of halogens is 1. The van der Waals surface area contributed by atoms with Crippen molar-refractivity contribution in [2.24, 2.45) is 0 Å². The molecule has 0 aliphatic carbocycles. The number of nitrogens with zero attached hydrogens (tertiary/aromatic N) is 1. The standard InChI is InChI=1S/C27H20ClNO4/c28-22-10-6-19(7-11-22)17-29(23-12-15-26(31)21(16-23)18-30)27(32)20-8-13-25(14-9-20)33-24-4-2-1-3-5-24/h1-16,18,31H,17H2. The zero-order chi connectivity index (χ0) is 23.2. The van der Waals surface area contributed by atoms with Gasteiger partial charge in [0.15, 0.2) is 6.29 Å². The van der Waals surface area contributed by atoms with E-state index in [2.05, 4.69) is 0 Å². The Kier molecular flexibility index (Phi) is 6.72. The SMILES string of the molecule is O=Cc1cc(N(Cc2ccc(Cl)cc2)C(=O)c2ccc(Oc3ccccc3)cc2)ccc1O. The maximum Gasteiger partial charge on any atom is 0.258 e. The van der Waals surface area contributed by atoms with Crippen molar-refractivity contribution in [3.63, 3.8) is 0 Å². The number of amides is 1. The molecule has 0 aliphatic heterocycles. The monoisotopic (exact) mass is 457 g/mol. The molecule has 0 unspecified atom stereocenters. The number of phenolic OH excluding ortho intramolecular Hbond substituents is 1. The van der Waals surface area contributed by atoms with Crippen LogP contribution in [-0.4, -0.2) is 17.3 Å². The molecule has 0 aromatic heterocycles. The Morgan fingerprint density at radius 3 is 2.21 bits per heavy atom. The van der Waals surface area contributed by atoms with Crippen LogP contribution in [0.15, 0.2) is 97.1 Å². The minimum Gasteiger partial charge on any atom is -0.507 e. The van der Waals surface area contributed by atoms with Crippen LogP contribution in [0.25, 0.3) is 0 Å². The number of hydrogen-bond donors (Lipinski definition) is 1. The summed E-state index contributed by atoms with van der Waals surface area (Å²) in [5, 5.41) is 10.5. The fourth-order valence-electron chi connectivity index (χ4n) is 3.30. The van der Waals surface area contributed by atoms with Gasteiger partial charge in [-0.05, 0) is 72.3 Å². The average Bonchev–Trinajstić information content (AvgIpc) is 2.85. The summed E-state index contributed by atoms with van der Waals surface area (Å²) in [5.41, 5.74) is 1.90. The molecule has 1 amide bonds. The molecule has 4 aromatic carbocycles. The summed E-state index contributed by atoms with van der Waals surface area (Å²) in [7, 11) is 0. The second-order valence-corrected chi connectivity index (χ2v) is 7.75. The van der Waals surface area contributed by atoms with Gasteiger partial charge in [-0.3, -0.25) is 9.59 Å². The third-order valence-corrected chi connectivity index (χ3v) is 5.28. The average molecular weight is 458 g/mol. The van der Waals surface area contributed by atoms with Gasteiger partial charge in [-0.1, -0.05) is 41.9 Å². The molecule has 0 aliphatic rings. The van der Waals surface area contributed by atoms with Crippen LogP contribution in [0.4, 0.5) is 5.69 Å². The zero-order valence-corrected chi connectivity index (χ0v) is 18.3. The second-order valence-electron chi connectivity index (χ2n) is 7.32. The van der Waals surface area contributed by atoms with Gasteiger partial charge in [0.1, 0.15) is 17.2 Å². The van der Waals surface area contributed by atoms with E-state index in [1.165, 1.54) is 12.1 Å². The van der Waals surface area contributed by atoms with Crippen molar-refractivity contribution in [2.75, 3.05) is 4.90 Å². The third-order valence-electron chi connectivity index (χ3n) is 5.03. The van der Waals surface area contributed by atoms with Crippen molar-refractivity contribution < 1.29 is 19.4 Å². The highest BCUT2D eigenvalue weighted by atomic mass is 35.5. The number of anilines is 1. The van der Waals surface area contributed by atoms with Gasteiger partial charge in [0.2, 0.25) is 0 Å². The Morgan fingerprint density at radius 2 is 1.55 bits per heavy atom. The van der Waals surface area contributed by atoms with Gasteiger partial charge >= 0.3 is 0 Å². The number of benzene rings is 4. The molecule has 4 aromatic rings. The topological polar surface area (TPSA) is 66.8 Å². The van der Waals surface area contributed by atoms with E-state index in [0.717, 1.165) is 5.56 Å². The van der Waals surface area contributed by atoms with Gasteiger partial charge in [-0.2, -0.15) is 0 Å². The first-order valence-electron chi connectivity index (χ1n) is 10.2. The van der Waals surface area contributed by atoms with Crippen molar-refractivity contribution in [3.05, 3.63) is 119 Å². The summed E-state index contributed by atoms with van der Waals surface area (Å²) in [6, 6.07) is 27.9. The van der Waals surface area contributed by atoms with Crippen LogP contribution in [0.3, 0.4) is 0 Å². The highest BCUT2D eigenvalue weighted by molar-refractivity contribution is 6.30. The predicted molar refractivity (Wildman–Crippen MR) is 128 cm³/mol. The van der Waals surface area contributed by atoms with Crippen LogP contribution in [0.1, 0.15) is 26.3 Å². The van der Waals surface area contributed by atoms with Gasteiger partial charge < -0.3 is 14.7 Å². The Hall–Kier alpha value is -4.09. The van der Waals surface area contributed by atoms with Crippen molar-refractivity contribution in [1.29, 1.82) is 0 Å². The van der Waals surface area contributed by atoms with Crippen molar-refractivity contribution in [3.8, 4) is 17.2 Å². The summed E-state index contributed by atoms with van der Waals surface area (Å²) < 4.78 is 5.80. The number of ether oxygens (including phenoxy) is 1. The van der Waals surface area contributed by atoms with Gasteiger partial charge in [-0.15, -0.1) is 0 Å². The molecule has 0 saturated heterocycles. The number of hydrogen-bond acceptors (Lipinski definition) is 4. The number of carbonyl (C=O) groups is 2. The summed E-state index contributed by atoms with van der Waals surface area (Å²) in [5.74, 6) is 0.898. The number of phenols is 1. The van der Waals surface area contributed by atoms with E-state index < -0.39 is 0 Å². The highest BCUT2D eigenvalue weighted by Gasteiger charge is 2.20. The largest absolute Gasteiger partial charge is 0.507 e. The lowest BCUT2D eigenvalue weighted by molar-refractivity contribution is 0.0984. The van der Waals surface area contributed by atoms with Gasteiger partial charge in [0.25, 0.3) is 5.91 Å². The lowest BCUT2D eigenvalue weighted by Crippen LogP contribution is -2.30. The molecule has 164 valence electrons. The van der Waals surface area contributed by atoms with Crippen molar-refractivity contribution in [1.82, 2.24) is 0 Å². The summed E-state index contributed by atoms with van der Waals surface area (Å²) >= 11 is 5.99. The van der Waals surface area contributed by atoms with Crippen LogP contribution in [0.5, 0.6) is 17.2 Å². The number of aromatic hydroxyl groups is 1. The fourth-order valence-corrected chi connectivity index (χ4v) is 3.43. The molecule has 0 heterocycles. The minimum atomic E-state index is -0.265. The van der Waals surface area contributed by atoms with Gasteiger partial charge in [0, 0.05) is 16.3 Å². The van der Waals surface area contributed by atoms with Gasteiger partial charge in [0.05, 0.1) is 12.1 Å². The first kappa shape index (κ1) is 22.1. The molecule has 33 heavy (non-hydrogen) atoms. The number of rotatable bonds is 7. The summed E-state index contributed by atoms with van der Waals surface area (Å²) in [6.45, 7) is 0.251. The van der Waals surface area contributed by atoms with E-state index in [9.17, 15) is 14.7 Å². The first-order chi connectivity index (χ1) is 16.0. The molecule has 0 spiro atoms. The van der Waals surface area contributed by atoms with E-state index in [-0.39, 0.29) is 23.8 Å². The quantitative estimate of drug-likeness (QED) is 0.322. The highest BCUT2D eigenvalue weighted by Crippen LogP contribution is 2.27. The normalized spacial score (nSPS) is 10.5. The molecular formula is C27H20ClNO4. The number of carbonyl (C=O) groups excluding carboxylic acids is 2. The van der Waals surface area contributed by atoms with Crippen molar-refractivity contribution >= 4 is 29.5 Å². The summed E-state index contributed by atoms with van der Waals surface area (Å²) in [6.07, 6.45) is 0.555. The zero-order valence-electron chi connectivity index (χ0n) is 17.5. The molecule has 4 rings (SSSR count). The lowest BCUT2D eigenvalue weighted by Gasteiger charge is -2.24. The number of para-hydroxylation sites is 1.